The summed E-state index contributed by atoms with van der Waals surface area (Å²) in [5.74, 6) is -1.13. The zero-order valence-corrected chi connectivity index (χ0v) is 31.7. The Morgan fingerprint density at radius 2 is 1.68 bits per heavy atom. The van der Waals surface area contributed by atoms with Gasteiger partial charge < -0.3 is 30.3 Å². The highest BCUT2D eigenvalue weighted by Crippen LogP contribution is 2.39. The number of rotatable bonds is 14. The van der Waals surface area contributed by atoms with Gasteiger partial charge in [0, 0.05) is 34.5 Å². The van der Waals surface area contributed by atoms with Crippen LogP contribution in [-0.2, 0) is 32.1 Å². The number of benzene rings is 3. The van der Waals surface area contributed by atoms with E-state index in [9.17, 15) is 24.0 Å². The van der Waals surface area contributed by atoms with Crippen LogP contribution in [0.25, 0.3) is 6.08 Å². The SMILES string of the molecule is CCOC(=O)c1c(NC(=O)C(CC)Sc2cccc(NC(=O)/C(=C\c3ccc(OCC)cc3)NC(=O)c3ccccc3)c2)sc2c1CCN(C(C)=O)C2. The van der Waals surface area contributed by atoms with Crippen LogP contribution < -0.4 is 20.7 Å². The molecule has 5 rings (SSSR count). The van der Waals surface area contributed by atoms with Crippen molar-refractivity contribution in [1.29, 1.82) is 0 Å². The van der Waals surface area contributed by atoms with Gasteiger partial charge in [-0.25, -0.2) is 4.79 Å². The van der Waals surface area contributed by atoms with E-state index in [0.717, 1.165) is 15.3 Å². The lowest BCUT2D eigenvalue weighted by Gasteiger charge is -2.25. The number of nitrogens with one attached hydrogen (secondary N) is 3. The maximum Gasteiger partial charge on any atom is 0.341 e. The van der Waals surface area contributed by atoms with E-state index in [1.54, 1.807) is 90.7 Å². The Morgan fingerprint density at radius 1 is 0.925 bits per heavy atom. The average molecular weight is 755 g/mol. The average Bonchev–Trinajstić information content (AvgIpc) is 3.52. The molecule has 0 bridgehead atoms. The van der Waals surface area contributed by atoms with E-state index in [0.29, 0.717) is 65.7 Å². The molecule has 0 spiro atoms. The van der Waals surface area contributed by atoms with E-state index in [-0.39, 0.29) is 24.1 Å². The summed E-state index contributed by atoms with van der Waals surface area (Å²) < 4.78 is 10.9. The molecule has 53 heavy (non-hydrogen) atoms. The number of ether oxygens (including phenoxy) is 2. The molecular weight excluding hydrogens is 713 g/mol. The van der Waals surface area contributed by atoms with Crippen molar-refractivity contribution >= 4 is 69.5 Å². The molecule has 4 amide bonds. The first-order chi connectivity index (χ1) is 25.6. The van der Waals surface area contributed by atoms with Crippen molar-refractivity contribution < 1.29 is 33.4 Å². The van der Waals surface area contributed by atoms with Crippen LogP contribution in [0.3, 0.4) is 0 Å². The number of thiophene rings is 1. The van der Waals surface area contributed by atoms with Crippen LogP contribution in [0.4, 0.5) is 10.7 Å². The van der Waals surface area contributed by atoms with Crippen molar-refractivity contribution in [1.82, 2.24) is 10.2 Å². The molecule has 276 valence electrons. The lowest BCUT2D eigenvalue weighted by atomic mass is 10.0. The molecular formula is C40H42N4O7S2. The summed E-state index contributed by atoms with van der Waals surface area (Å²) in [5, 5.41) is 8.49. The van der Waals surface area contributed by atoms with Crippen molar-refractivity contribution in [3.8, 4) is 5.75 Å². The van der Waals surface area contributed by atoms with Gasteiger partial charge in [-0.3, -0.25) is 19.2 Å². The van der Waals surface area contributed by atoms with Gasteiger partial charge in [0.15, 0.2) is 0 Å². The summed E-state index contributed by atoms with van der Waals surface area (Å²) in [6.45, 7) is 8.60. The van der Waals surface area contributed by atoms with Gasteiger partial charge in [-0.1, -0.05) is 43.3 Å². The third-order valence-electron chi connectivity index (χ3n) is 8.28. The quantitative estimate of drug-likeness (QED) is 0.0700. The lowest BCUT2D eigenvalue weighted by Crippen LogP contribution is -2.34. The van der Waals surface area contributed by atoms with E-state index in [1.165, 1.54) is 30.0 Å². The van der Waals surface area contributed by atoms with Gasteiger partial charge >= 0.3 is 5.97 Å². The summed E-state index contributed by atoms with van der Waals surface area (Å²) in [5.41, 5.74) is 2.74. The van der Waals surface area contributed by atoms with Crippen molar-refractivity contribution in [2.45, 2.75) is 57.2 Å². The Labute approximate surface area is 317 Å². The Morgan fingerprint density at radius 3 is 2.36 bits per heavy atom. The van der Waals surface area contributed by atoms with Crippen LogP contribution in [0.5, 0.6) is 5.75 Å². The Hall–Kier alpha value is -5.40. The Bertz CT molecular complexity index is 1990. The van der Waals surface area contributed by atoms with Gasteiger partial charge in [-0.15, -0.1) is 23.1 Å². The first-order valence-electron chi connectivity index (χ1n) is 17.4. The number of amides is 4. The van der Waals surface area contributed by atoms with Gasteiger partial charge in [-0.2, -0.15) is 0 Å². The highest BCUT2D eigenvalue weighted by Gasteiger charge is 2.31. The van der Waals surface area contributed by atoms with Gasteiger partial charge in [0.1, 0.15) is 16.4 Å². The number of hydrogen-bond acceptors (Lipinski definition) is 9. The second kappa shape index (κ2) is 18.4. The molecule has 2 heterocycles. The van der Waals surface area contributed by atoms with Gasteiger partial charge in [0.25, 0.3) is 11.8 Å². The lowest BCUT2D eigenvalue weighted by molar-refractivity contribution is -0.129. The number of esters is 1. The maximum atomic E-state index is 13.7. The molecule has 0 aliphatic carbocycles. The summed E-state index contributed by atoms with van der Waals surface area (Å²) >= 11 is 2.61. The monoisotopic (exact) mass is 754 g/mol. The minimum Gasteiger partial charge on any atom is -0.494 e. The molecule has 1 aliphatic rings. The predicted octanol–water partition coefficient (Wildman–Crippen LogP) is 7.15. The van der Waals surface area contributed by atoms with Crippen LogP contribution in [0.1, 0.15) is 70.8 Å². The van der Waals surface area contributed by atoms with Crippen molar-refractivity contribution in [3.63, 3.8) is 0 Å². The molecule has 3 aromatic carbocycles. The largest absolute Gasteiger partial charge is 0.494 e. The number of fused-ring (bicyclic) bond motifs is 1. The minimum atomic E-state index is -0.538. The van der Waals surface area contributed by atoms with E-state index in [1.807, 2.05) is 19.9 Å². The fourth-order valence-corrected chi connectivity index (χ4v) is 7.91. The van der Waals surface area contributed by atoms with Crippen LogP contribution in [0.15, 0.2) is 89.5 Å². The third kappa shape index (κ3) is 10.1. The standard InChI is InChI=1S/C40H42N4O7S2/c1-5-33(38(48)43-39-35(40(49)51-7-3)31-20-21-44(25(4)45)24-34(31)53-39)52-30-15-11-14-28(23-30)41-37(47)32(42-36(46)27-12-9-8-10-13-27)22-26-16-18-29(19-17-26)50-6-2/h8-19,22-23,33H,5-7,20-21,24H2,1-4H3,(H,41,47)(H,42,46)(H,43,48)/b32-22+. The third-order valence-corrected chi connectivity index (χ3v) is 10.8. The summed E-state index contributed by atoms with van der Waals surface area (Å²) in [6.07, 6.45) is 2.56. The van der Waals surface area contributed by atoms with Crippen molar-refractivity contribution in [2.75, 3.05) is 30.4 Å². The molecule has 3 N–H and O–H groups in total. The molecule has 1 aliphatic heterocycles. The number of anilines is 2. The van der Waals surface area contributed by atoms with Gasteiger partial charge in [0.05, 0.1) is 30.6 Å². The second-order valence-electron chi connectivity index (χ2n) is 12.0. The zero-order valence-electron chi connectivity index (χ0n) is 30.0. The first kappa shape index (κ1) is 38.8. The summed E-state index contributed by atoms with van der Waals surface area (Å²) in [7, 11) is 0. The minimum absolute atomic E-state index is 0.0364. The highest BCUT2D eigenvalue weighted by molar-refractivity contribution is 8.00. The summed E-state index contributed by atoms with van der Waals surface area (Å²) in [6, 6.07) is 22.9. The maximum absolute atomic E-state index is 13.7. The van der Waals surface area contributed by atoms with Gasteiger partial charge in [0.2, 0.25) is 11.8 Å². The Balaban J connectivity index is 1.32. The molecule has 4 aromatic rings. The van der Waals surface area contributed by atoms with E-state index in [2.05, 4.69) is 16.0 Å². The topological polar surface area (TPSA) is 143 Å². The molecule has 11 nitrogen and oxygen atoms in total. The van der Waals surface area contributed by atoms with E-state index >= 15 is 0 Å². The Kier molecular flexibility index (Phi) is 13.5. The van der Waals surface area contributed by atoms with Crippen molar-refractivity contribution in [3.05, 3.63) is 112 Å². The van der Waals surface area contributed by atoms with Crippen molar-refractivity contribution in [2.24, 2.45) is 0 Å². The summed E-state index contributed by atoms with van der Waals surface area (Å²) in [4.78, 5) is 68.9. The molecule has 1 unspecified atom stereocenters. The normalized spacial score (nSPS) is 13.0. The molecule has 1 atom stereocenters. The fourth-order valence-electron chi connectivity index (χ4n) is 5.64. The van der Waals surface area contributed by atoms with Crippen LogP contribution in [0, 0.1) is 0 Å². The first-order valence-corrected chi connectivity index (χ1v) is 19.1. The van der Waals surface area contributed by atoms with E-state index in [4.69, 9.17) is 9.47 Å². The fraction of sp³-hybridized carbons (Fsp3) is 0.275. The van der Waals surface area contributed by atoms with Gasteiger partial charge in [-0.05, 0) is 86.4 Å². The predicted molar refractivity (Wildman–Crippen MR) is 208 cm³/mol. The second-order valence-corrected chi connectivity index (χ2v) is 14.4. The molecule has 0 saturated heterocycles. The molecule has 0 radical (unpaired) electrons. The number of carbonyl (C=O) groups is 5. The number of nitrogens with zero attached hydrogens (tertiary/aromatic N) is 1. The zero-order chi connectivity index (χ0) is 37.9. The smallest absolute Gasteiger partial charge is 0.341 e. The molecule has 0 fully saturated rings. The molecule has 13 heteroatoms. The molecule has 0 saturated carbocycles. The molecule has 1 aromatic heterocycles. The number of carbonyl (C=O) groups excluding carboxylic acids is 5. The van der Waals surface area contributed by atoms with Crippen LogP contribution in [0.2, 0.25) is 0 Å². The van der Waals surface area contributed by atoms with E-state index < -0.39 is 23.0 Å². The van der Waals surface area contributed by atoms with Crippen LogP contribution in [-0.4, -0.2) is 59.5 Å². The number of hydrogen-bond donors (Lipinski definition) is 3. The number of thioether (sulfide) groups is 1. The van der Waals surface area contributed by atoms with Crippen LogP contribution >= 0.6 is 23.1 Å². The highest BCUT2D eigenvalue weighted by atomic mass is 32.2.